The first-order valence-corrected chi connectivity index (χ1v) is 4.06. The quantitative estimate of drug-likeness (QED) is 0.510. The molecule has 0 unspecified atom stereocenters. The Bertz CT molecular complexity index is 45.1. The van der Waals surface area contributed by atoms with E-state index in [1.165, 1.54) is 0 Å². The van der Waals surface area contributed by atoms with Gasteiger partial charge in [-0.25, -0.2) is 0 Å². The molecule has 0 rings (SSSR count). The second kappa shape index (κ2) is 23.6. The van der Waals surface area contributed by atoms with Crippen molar-refractivity contribution >= 4 is 0 Å². The van der Waals surface area contributed by atoms with Crippen LogP contribution in [-0.2, 0) is 0 Å². The Kier molecular flexibility index (Phi) is 38.4. The monoisotopic (exact) mass is 142 g/mol. The Morgan fingerprint density at radius 3 is 1.10 bits per heavy atom. The van der Waals surface area contributed by atoms with E-state index < -0.39 is 0 Å². The van der Waals surface area contributed by atoms with Crippen molar-refractivity contribution in [2.45, 2.75) is 34.6 Å². The van der Waals surface area contributed by atoms with Gasteiger partial charge in [0.2, 0.25) is 0 Å². The Balaban J connectivity index is -0.000000105. The molecule has 0 atom stereocenters. The van der Waals surface area contributed by atoms with E-state index in [0.29, 0.717) is 5.92 Å². The van der Waals surface area contributed by atoms with Crippen molar-refractivity contribution in [2.24, 2.45) is 5.92 Å². The summed E-state index contributed by atoms with van der Waals surface area (Å²) in [6.45, 7) is 17.2. The van der Waals surface area contributed by atoms with E-state index in [-0.39, 0.29) is 0 Å². The first-order valence-electron chi connectivity index (χ1n) is 4.06. The van der Waals surface area contributed by atoms with Gasteiger partial charge in [-0.1, -0.05) is 46.8 Å². The van der Waals surface area contributed by atoms with Crippen molar-refractivity contribution in [1.29, 1.82) is 0 Å². The molecular formula is C10H22. The van der Waals surface area contributed by atoms with E-state index in [1.807, 2.05) is 46.8 Å². The number of rotatable bonds is 2. The van der Waals surface area contributed by atoms with Crippen LogP contribution in [0.15, 0.2) is 25.3 Å². The first-order chi connectivity index (χ1) is 4.81. The van der Waals surface area contributed by atoms with Crippen LogP contribution in [0, 0.1) is 5.92 Å². The molecule has 0 aromatic carbocycles. The summed E-state index contributed by atoms with van der Waals surface area (Å²) < 4.78 is 0. The lowest BCUT2D eigenvalue weighted by molar-refractivity contribution is 0.948. The van der Waals surface area contributed by atoms with Gasteiger partial charge in [0.05, 0.1) is 0 Å². The highest BCUT2D eigenvalue weighted by Crippen LogP contribution is 1.92. The molecule has 0 aromatic rings. The van der Waals surface area contributed by atoms with Crippen molar-refractivity contribution < 1.29 is 0 Å². The Hall–Kier alpha value is -0.520. The van der Waals surface area contributed by atoms with Gasteiger partial charge in [0.1, 0.15) is 0 Å². The second-order valence-electron chi connectivity index (χ2n) is 1.33. The highest BCUT2D eigenvalue weighted by molar-refractivity contribution is 4.87. The van der Waals surface area contributed by atoms with E-state index >= 15 is 0 Å². The third-order valence-corrected chi connectivity index (χ3v) is 0.744. The van der Waals surface area contributed by atoms with Crippen LogP contribution in [0.5, 0.6) is 0 Å². The highest BCUT2D eigenvalue weighted by atomic mass is 13.8. The maximum atomic E-state index is 3.56. The molecule has 0 amide bonds. The fourth-order valence-electron chi connectivity index (χ4n) is 0.0962. The van der Waals surface area contributed by atoms with Crippen molar-refractivity contribution in [3.05, 3.63) is 25.3 Å². The highest BCUT2D eigenvalue weighted by Gasteiger charge is 1.78. The van der Waals surface area contributed by atoms with E-state index in [4.69, 9.17) is 0 Å². The molecule has 0 saturated heterocycles. The third kappa shape index (κ3) is 25.9. The molecular weight excluding hydrogens is 120 g/mol. The molecule has 0 radical (unpaired) electrons. The average molecular weight is 142 g/mol. The normalized spacial score (nSPS) is 6.20. The predicted octanol–water partition coefficient (Wildman–Crippen LogP) is 4.05. The zero-order valence-corrected chi connectivity index (χ0v) is 8.15. The fraction of sp³-hybridized carbons (Fsp3) is 0.600. The van der Waals surface area contributed by atoms with Gasteiger partial charge in [0.15, 0.2) is 0 Å². The van der Waals surface area contributed by atoms with E-state index in [9.17, 15) is 0 Å². The van der Waals surface area contributed by atoms with Crippen LogP contribution in [-0.4, -0.2) is 0 Å². The summed E-state index contributed by atoms with van der Waals surface area (Å²) in [5.74, 6) is 0.463. The Labute approximate surface area is 66.7 Å². The van der Waals surface area contributed by atoms with E-state index in [0.717, 1.165) is 0 Å². The van der Waals surface area contributed by atoms with Crippen molar-refractivity contribution in [1.82, 2.24) is 0 Å². The van der Waals surface area contributed by atoms with Gasteiger partial charge in [0.25, 0.3) is 0 Å². The van der Waals surface area contributed by atoms with Gasteiger partial charge in [0, 0.05) is 0 Å². The molecule has 0 heteroatoms. The second-order valence-corrected chi connectivity index (χ2v) is 1.33. The standard InChI is InChI=1S/C6H10.2C2H6/c1-4-6(3)5-2;2*1-2/h4-6H,1-2H2,3H3;2*1-2H3. The maximum Gasteiger partial charge on any atom is -0.00872 e. The third-order valence-electron chi connectivity index (χ3n) is 0.744. The average Bonchev–Trinajstić information content (AvgIpc) is 2.10. The van der Waals surface area contributed by atoms with Gasteiger partial charge in [-0.3, -0.25) is 0 Å². The van der Waals surface area contributed by atoms with Gasteiger partial charge in [-0.05, 0) is 5.92 Å². The van der Waals surface area contributed by atoms with Crippen molar-refractivity contribution in [2.75, 3.05) is 0 Å². The van der Waals surface area contributed by atoms with Crippen LogP contribution in [0.3, 0.4) is 0 Å². The van der Waals surface area contributed by atoms with E-state index in [1.54, 1.807) is 0 Å². The van der Waals surface area contributed by atoms with Crippen LogP contribution in [0.2, 0.25) is 0 Å². The fourth-order valence-corrected chi connectivity index (χ4v) is 0.0962. The minimum absolute atomic E-state index is 0.463. The van der Waals surface area contributed by atoms with Crippen LogP contribution < -0.4 is 0 Å². The SMILES string of the molecule is C=CC(C)C=C.CC.CC. The lowest BCUT2D eigenvalue weighted by Crippen LogP contribution is -1.75. The molecule has 0 fully saturated rings. The van der Waals surface area contributed by atoms with Crippen LogP contribution in [0.4, 0.5) is 0 Å². The number of hydrogen-bond acceptors (Lipinski definition) is 0. The molecule has 0 saturated carbocycles. The smallest absolute Gasteiger partial charge is 0.00872 e. The zero-order valence-electron chi connectivity index (χ0n) is 8.15. The summed E-state index contributed by atoms with van der Waals surface area (Å²) in [6, 6.07) is 0. The lowest BCUT2D eigenvalue weighted by Gasteiger charge is -1.88. The molecule has 62 valence electrons. The summed E-state index contributed by atoms with van der Waals surface area (Å²) in [5.41, 5.74) is 0. The predicted molar refractivity (Wildman–Crippen MR) is 52.3 cm³/mol. The Morgan fingerprint density at radius 1 is 0.900 bits per heavy atom. The van der Waals surface area contributed by atoms with Gasteiger partial charge in [-0.2, -0.15) is 0 Å². The largest absolute Gasteiger partial charge is 0.103 e. The zero-order chi connectivity index (χ0) is 8.99. The maximum absolute atomic E-state index is 3.56. The molecule has 10 heavy (non-hydrogen) atoms. The molecule has 0 spiro atoms. The summed E-state index contributed by atoms with van der Waals surface area (Å²) in [4.78, 5) is 0. The van der Waals surface area contributed by atoms with Gasteiger partial charge in [-0.15, -0.1) is 13.2 Å². The van der Waals surface area contributed by atoms with Crippen molar-refractivity contribution in [3.63, 3.8) is 0 Å². The molecule has 0 nitrogen and oxygen atoms in total. The minimum Gasteiger partial charge on any atom is -0.103 e. The summed E-state index contributed by atoms with van der Waals surface area (Å²) in [7, 11) is 0. The number of hydrogen-bond donors (Lipinski definition) is 0. The molecule has 0 bridgehead atoms. The topological polar surface area (TPSA) is 0 Å². The summed E-state index contributed by atoms with van der Waals surface area (Å²) in [6.07, 6.45) is 3.71. The van der Waals surface area contributed by atoms with Crippen LogP contribution >= 0.6 is 0 Å². The number of allylic oxidation sites excluding steroid dienone is 2. The van der Waals surface area contributed by atoms with Gasteiger partial charge >= 0.3 is 0 Å². The summed E-state index contributed by atoms with van der Waals surface area (Å²) in [5, 5.41) is 0. The molecule has 0 aliphatic carbocycles. The van der Waals surface area contributed by atoms with E-state index in [2.05, 4.69) is 13.2 Å². The molecule has 0 aliphatic rings. The molecule has 0 aromatic heterocycles. The van der Waals surface area contributed by atoms with Crippen LogP contribution in [0.1, 0.15) is 34.6 Å². The molecule has 0 aliphatic heterocycles. The molecule has 0 heterocycles. The lowest BCUT2D eigenvalue weighted by atomic mass is 10.2. The van der Waals surface area contributed by atoms with Crippen LogP contribution in [0.25, 0.3) is 0 Å². The summed E-state index contributed by atoms with van der Waals surface area (Å²) >= 11 is 0. The van der Waals surface area contributed by atoms with Crippen molar-refractivity contribution in [3.8, 4) is 0 Å². The minimum atomic E-state index is 0.463. The first kappa shape index (κ1) is 16.2. The Morgan fingerprint density at radius 2 is 1.10 bits per heavy atom. The van der Waals surface area contributed by atoms with Gasteiger partial charge < -0.3 is 0 Å². The molecule has 0 N–H and O–H groups in total.